The van der Waals surface area contributed by atoms with Gasteiger partial charge < -0.3 is 10.0 Å². The van der Waals surface area contributed by atoms with E-state index in [1.807, 2.05) is 12.1 Å². The molecule has 1 N–H and O–H groups in total. The lowest BCUT2D eigenvalue weighted by Crippen LogP contribution is -2.57. The number of piperidine rings is 2. The Morgan fingerprint density at radius 3 is 2.60 bits per heavy atom. The number of hydrogen-bond donors (Lipinski definition) is 1. The van der Waals surface area contributed by atoms with Crippen molar-refractivity contribution in [2.24, 2.45) is 0 Å². The molecule has 2 bridgehead atoms. The minimum absolute atomic E-state index is 0.148. The molecule has 20 heavy (non-hydrogen) atoms. The summed E-state index contributed by atoms with van der Waals surface area (Å²) in [6.07, 6.45) is 5.56. The van der Waals surface area contributed by atoms with Gasteiger partial charge in [-0.1, -0.05) is 24.6 Å². The first-order chi connectivity index (χ1) is 9.48. The normalized spacial score (nSPS) is 34.2. The molecule has 0 radical (unpaired) electrons. The molecule has 0 saturated carbocycles. The Labute approximate surface area is 120 Å². The van der Waals surface area contributed by atoms with Crippen molar-refractivity contribution >= 4 is 0 Å². The van der Waals surface area contributed by atoms with E-state index in [0.29, 0.717) is 29.6 Å². The van der Waals surface area contributed by atoms with E-state index in [2.05, 4.69) is 11.9 Å². The molecular formula is C17H24FNO. The number of fused-ring (bicyclic) bond motifs is 2. The highest BCUT2D eigenvalue weighted by molar-refractivity contribution is 5.26. The zero-order valence-electron chi connectivity index (χ0n) is 12.4. The maximum Gasteiger partial charge on any atom is 0.129 e. The molecule has 2 heterocycles. The van der Waals surface area contributed by atoms with E-state index in [4.69, 9.17) is 0 Å². The summed E-state index contributed by atoms with van der Waals surface area (Å²) in [5.74, 6) is -0.148. The lowest BCUT2D eigenvalue weighted by Gasteiger charge is -2.50. The summed E-state index contributed by atoms with van der Waals surface area (Å²) in [5, 5.41) is 11.0. The quantitative estimate of drug-likeness (QED) is 0.898. The first kappa shape index (κ1) is 14.0. The van der Waals surface area contributed by atoms with Gasteiger partial charge in [0.2, 0.25) is 0 Å². The van der Waals surface area contributed by atoms with Gasteiger partial charge in [0.05, 0.1) is 5.60 Å². The van der Waals surface area contributed by atoms with Crippen LogP contribution < -0.4 is 0 Å². The minimum Gasteiger partial charge on any atom is -0.389 e. The van der Waals surface area contributed by atoms with Crippen LogP contribution in [0.15, 0.2) is 18.2 Å². The van der Waals surface area contributed by atoms with Gasteiger partial charge in [0.15, 0.2) is 0 Å². The molecule has 3 heteroatoms. The van der Waals surface area contributed by atoms with Gasteiger partial charge in [0.25, 0.3) is 0 Å². The van der Waals surface area contributed by atoms with Gasteiger partial charge in [-0.25, -0.2) is 4.39 Å². The topological polar surface area (TPSA) is 23.5 Å². The van der Waals surface area contributed by atoms with Crippen LogP contribution >= 0.6 is 0 Å². The van der Waals surface area contributed by atoms with Crippen LogP contribution in [0.2, 0.25) is 0 Å². The van der Waals surface area contributed by atoms with Gasteiger partial charge in [-0.2, -0.15) is 0 Å². The van der Waals surface area contributed by atoms with Crippen molar-refractivity contribution in [2.75, 3.05) is 7.05 Å². The van der Waals surface area contributed by atoms with Gasteiger partial charge >= 0.3 is 0 Å². The summed E-state index contributed by atoms with van der Waals surface area (Å²) in [7, 11) is 2.17. The Balaban J connectivity index is 1.81. The van der Waals surface area contributed by atoms with E-state index in [9.17, 15) is 9.50 Å². The maximum absolute atomic E-state index is 14.2. The molecule has 110 valence electrons. The van der Waals surface area contributed by atoms with Crippen LogP contribution in [-0.4, -0.2) is 34.7 Å². The molecule has 2 unspecified atom stereocenters. The number of nitrogens with zero attached hydrogens (tertiary/aromatic N) is 1. The third kappa shape index (κ3) is 2.49. The summed E-state index contributed by atoms with van der Waals surface area (Å²) < 4.78 is 14.2. The zero-order chi connectivity index (χ0) is 14.3. The Morgan fingerprint density at radius 1 is 1.30 bits per heavy atom. The summed E-state index contributed by atoms with van der Waals surface area (Å²) in [5.41, 5.74) is 0.589. The van der Waals surface area contributed by atoms with Crippen molar-refractivity contribution < 1.29 is 9.50 Å². The predicted octanol–water partition coefficient (Wildman–Crippen LogP) is 3.05. The van der Waals surface area contributed by atoms with Gasteiger partial charge in [-0.3, -0.25) is 0 Å². The standard InChI is InChI=1S/C17H24FNO/c1-12-5-3-6-13(16(12)18)9-17(20)10-14-7-4-8-15(11-17)19(14)2/h3,5-6,14-15,20H,4,7-11H2,1-2H3. The van der Waals surface area contributed by atoms with Gasteiger partial charge in [0.1, 0.15) is 5.82 Å². The van der Waals surface area contributed by atoms with Gasteiger partial charge in [-0.15, -0.1) is 0 Å². The fourth-order valence-corrected chi connectivity index (χ4v) is 4.09. The number of aliphatic hydroxyl groups is 1. The predicted molar refractivity (Wildman–Crippen MR) is 78.2 cm³/mol. The van der Waals surface area contributed by atoms with Crippen LogP contribution in [0.3, 0.4) is 0 Å². The Bertz CT molecular complexity index is 488. The molecule has 0 aromatic heterocycles. The lowest BCUT2D eigenvalue weighted by atomic mass is 9.73. The van der Waals surface area contributed by atoms with Crippen molar-refractivity contribution in [1.82, 2.24) is 4.90 Å². The molecular weight excluding hydrogens is 253 g/mol. The number of rotatable bonds is 2. The molecule has 0 spiro atoms. The Hall–Kier alpha value is -0.930. The van der Waals surface area contributed by atoms with Crippen LogP contribution in [0.1, 0.15) is 43.2 Å². The molecule has 1 aromatic rings. The van der Waals surface area contributed by atoms with Crippen molar-refractivity contribution in [3.8, 4) is 0 Å². The van der Waals surface area contributed by atoms with Crippen LogP contribution in [0.4, 0.5) is 4.39 Å². The Kier molecular flexibility index (Phi) is 3.59. The SMILES string of the molecule is Cc1cccc(CC2(O)CC3CCCC(C2)N3C)c1F. The lowest BCUT2D eigenvalue weighted by molar-refractivity contribution is -0.0823. The van der Waals surface area contributed by atoms with Crippen molar-refractivity contribution in [3.63, 3.8) is 0 Å². The monoisotopic (exact) mass is 277 g/mol. The highest BCUT2D eigenvalue weighted by Gasteiger charge is 2.44. The number of hydrogen-bond acceptors (Lipinski definition) is 2. The Morgan fingerprint density at radius 2 is 1.95 bits per heavy atom. The molecule has 0 aliphatic carbocycles. The molecule has 2 aliphatic heterocycles. The van der Waals surface area contributed by atoms with E-state index < -0.39 is 5.60 Å². The minimum atomic E-state index is -0.739. The summed E-state index contributed by atoms with van der Waals surface area (Å²) in [6.45, 7) is 1.78. The summed E-state index contributed by atoms with van der Waals surface area (Å²) >= 11 is 0. The van der Waals surface area contributed by atoms with Gasteiger partial charge in [-0.05, 0) is 50.8 Å². The second kappa shape index (κ2) is 5.12. The second-order valence-electron chi connectivity index (χ2n) is 6.76. The molecule has 0 amide bonds. The number of halogens is 1. The molecule has 2 aliphatic rings. The smallest absolute Gasteiger partial charge is 0.129 e. The van der Waals surface area contributed by atoms with Crippen LogP contribution in [0.5, 0.6) is 0 Å². The van der Waals surface area contributed by atoms with E-state index in [0.717, 1.165) is 25.7 Å². The van der Waals surface area contributed by atoms with Crippen molar-refractivity contribution in [2.45, 2.75) is 63.1 Å². The summed E-state index contributed by atoms with van der Waals surface area (Å²) in [6, 6.07) is 6.40. The van der Waals surface area contributed by atoms with Crippen molar-refractivity contribution in [3.05, 3.63) is 35.1 Å². The van der Waals surface area contributed by atoms with Crippen molar-refractivity contribution in [1.29, 1.82) is 0 Å². The zero-order valence-corrected chi connectivity index (χ0v) is 12.4. The highest BCUT2D eigenvalue weighted by atomic mass is 19.1. The van der Waals surface area contributed by atoms with Gasteiger partial charge in [0, 0.05) is 18.5 Å². The van der Waals surface area contributed by atoms with E-state index >= 15 is 0 Å². The fourth-order valence-electron chi connectivity index (χ4n) is 4.09. The average Bonchev–Trinajstić information content (AvgIpc) is 2.37. The molecule has 3 rings (SSSR count). The molecule has 2 saturated heterocycles. The van der Waals surface area contributed by atoms with E-state index in [-0.39, 0.29) is 5.82 Å². The largest absolute Gasteiger partial charge is 0.389 e. The third-order valence-electron chi connectivity index (χ3n) is 5.25. The highest BCUT2D eigenvalue weighted by Crippen LogP contribution is 2.40. The average molecular weight is 277 g/mol. The molecule has 2 atom stereocenters. The summed E-state index contributed by atoms with van der Waals surface area (Å²) in [4.78, 5) is 2.42. The maximum atomic E-state index is 14.2. The number of aryl methyl sites for hydroxylation is 1. The first-order valence-corrected chi connectivity index (χ1v) is 7.67. The fraction of sp³-hybridized carbons (Fsp3) is 0.647. The van der Waals surface area contributed by atoms with Crippen LogP contribution in [0, 0.1) is 12.7 Å². The third-order valence-corrected chi connectivity index (χ3v) is 5.25. The van der Waals surface area contributed by atoms with E-state index in [1.54, 1.807) is 13.0 Å². The first-order valence-electron chi connectivity index (χ1n) is 7.67. The van der Waals surface area contributed by atoms with Crippen LogP contribution in [0.25, 0.3) is 0 Å². The number of benzene rings is 1. The van der Waals surface area contributed by atoms with E-state index in [1.165, 1.54) is 6.42 Å². The molecule has 1 aromatic carbocycles. The molecule has 2 nitrogen and oxygen atoms in total. The second-order valence-corrected chi connectivity index (χ2v) is 6.76. The van der Waals surface area contributed by atoms with Crippen LogP contribution in [-0.2, 0) is 6.42 Å². The molecule has 2 fully saturated rings.